The highest BCUT2D eigenvalue weighted by molar-refractivity contribution is 5.92. The quantitative estimate of drug-likeness (QED) is 0.829. The van der Waals surface area contributed by atoms with Crippen LogP contribution in [0.1, 0.15) is 29.5 Å². The highest BCUT2D eigenvalue weighted by Gasteiger charge is 2.29. The van der Waals surface area contributed by atoms with Crippen LogP contribution in [0.4, 0.5) is 0 Å². The van der Waals surface area contributed by atoms with Gasteiger partial charge in [0, 0.05) is 24.8 Å². The van der Waals surface area contributed by atoms with Crippen molar-refractivity contribution in [3.8, 4) is 0 Å². The van der Waals surface area contributed by atoms with Gasteiger partial charge in [-0.25, -0.2) is 0 Å². The van der Waals surface area contributed by atoms with E-state index in [1.807, 2.05) is 18.7 Å². The monoisotopic (exact) mass is 258 g/mol. The van der Waals surface area contributed by atoms with Gasteiger partial charge in [0.15, 0.2) is 0 Å². The molecule has 1 amide bonds. The molecule has 0 saturated carbocycles. The largest absolute Gasteiger partial charge is 0.337 e. The molecule has 1 fully saturated rings. The van der Waals surface area contributed by atoms with E-state index >= 15 is 0 Å². The second-order valence-corrected chi connectivity index (χ2v) is 4.60. The maximum Gasteiger partial charge on any atom is 0.274 e. The molecule has 0 bridgehead atoms. The van der Waals surface area contributed by atoms with Gasteiger partial charge in [-0.2, -0.15) is 5.10 Å². The number of aromatic nitrogens is 2. The third-order valence-corrected chi connectivity index (χ3v) is 3.18. The summed E-state index contributed by atoms with van der Waals surface area (Å²) in [7, 11) is 0. The van der Waals surface area contributed by atoms with E-state index in [0.717, 1.165) is 25.2 Å². The SMILES string of the molecule is Cc1cc(C(=O)N2CCC(C(C)N)C2)n[nH]1.Cl. The number of carbonyl (C=O) groups is 1. The second-order valence-electron chi connectivity index (χ2n) is 4.60. The number of aryl methyl sites for hydroxylation is 1. The fraction of sp³-hybridized carbons (Fsp3) is 0.636. The Labute approximate surface area is 107 Å². The van der Waals surface area contributed by atoms with Gasteiger partial charge < -0.3 is 10.6 Å². The van der Waals surface area contributed by atoms with Crippen molar-refractivity contribution < 1.29 is 4.79 Å². The van der Waals surface area contributed by atoms with E-state index in [4.69, 9.17) is 5.73 Å². The van der Waals surface area contributed by atoms with Crippen LogP contribution in [0, 0.1) is 12.8 Å². The van der Waals surface area contributed by atoms with Gasteiger partial charge in [-0.15, -0.1) is 12.4 Å². The summed E-state index contributed by atoms with van der Waals surface area (Å²) < 4.78 is 0. The van der Waals surface area contributed by atoms with Crippen LogP contribution in [0.15, 0.2) is 6.07 Å². The number of H-pyrrole nitrogens is 1. The maximum absolute atomic E-state index is 12.0. The van der Waals surface area contributed by atoms with E-state index in [1.165, 1.54) is 0 Å². The lowest BCUT2D eigenvalue weighted by atomic mass is 10.0. The number of amides is 1. The van der Waals surface area contributed by atoms with Crippen LogP contribution in [0.3, 0.4) is 0 Å². The van der Waals surface area contributed by atoms with Crippen molar-refractivity contribution in [3.05, 3.63) is 17.5 Å². The minimum atomic E-state index is 0. The molecule has 2 unspecified atom stereocenters. The standard InChI is InChI=1S/C11H18N4O.ClH/c1-7-5-10(14-13-7)11(16)15-4-3-9(6-15)8(2)12;/h5,8-9H,3-4,6,12H2,1-2H3,(H,13,14);1H. The molecule has 3 N–H and O–H groups in total. The average Bonchev–Trinajstić information content (AvgIpc) is 2.84. The third kappa shape index (κ3) is 2.98. The Balaban J connectivity index is 0.00000144. The van der Waals surface area contributed by atoms with E-state index < -0.39 is 0 Å². The van der Waals surface area contributed by atoms with Crippen molar-refractivity contribution in [2.24, 2.45) is 11.7 Å². The van der Waals surface area contributed by atoms with E-state index in [-0.39, 0.29) is 24.4 Å². The molecule has 1 aromatic rings. The summed E-state index contributed by atoms with van der Waals surface area (Å²) in [5.41, 5.74) is 7.25. The van der Waals surface area contributed by atoms with Gasteiger partial charge in [0.2, 0.25) is 0 Å². The van der Waals surface area contributed by atoms with Crippen LogP contribution in [-0.2, 0) is 0 Å². The molecule has 0 radical (unpaired) electrons. The lowest BCUT2D eigenvalue weighted by molar-refractivity contribution is 0.0780. The minimum Gasteiger partial charge on any atom is -0.337 e. The van der Waals surface area contributed by atoms with E-state index in [0.29, 0.717) is 11.6 Å². The Bertz CT molecular complexity index is 391. The number of nitrogens with one attached hydrogen (secondary N) is 1. The highest BCUT2D eigenvalue weighted by Crippen LogP contribution is 2.20. The van der Waals surface area contributed by atoms with E-state index in [2.05, 4.69) is 10.2 Å². The van der Waals surface area contributed by atoms with Crippen LogP contribution < -0.4 is 5.73 Å². The lowest BCUT2D eigenvalue weighted by Gasteiger charge is -2.16. The molecule has 2 atom stereocenters. The van der Waals surface area contributed by atoms with Crippen molar-refractivity contribution in [1.82, 2.24) is 15.1 Å². The normalized spacial score (nSPS) is 21.1. The molecular weight excluding hydrogens is 240 g/mol. The highest BCUT2D eigenvalue weighted by atomic mass is 35.5. The molecule has 5 nitrogen and oxygen atoms in total. The summed E-state index contributed by atoms with van der Waals surface area (Å²) in [6.45, 7) is 5.43. The van der Waals surface area contributed by atoms with Crippen LogP contribution in [0.2, 0.25) is 0 Å². The molecule has 6 heteroatoms. The molecule has 1 aliphatic rings. The van der Waals surface area contributed by atoms with Gasteiger partial charge in [0.1, 0.15) is 5.69 Å². The number of rotatable bonds is 2. The van der Waals surface area contributed by atoms with E-state index in [1.54, 1.807) is 6.07 Å². The molecule has 1 aliphatic heterocycles. The first kappa shape index (κ1) is 14.0. The number of hydrogen-bond donors (Lipinski definition) is 2. The molecule has 0 aromatic carbocycles. The zero-order valence-corrected chi connectivity index (χ0v) is 11.0. The lowest BCUT2D eigenvalue weighted by Crippen LogP contribution is -2.33. The van der Waals surface area contributed by atoms with Gasteiger partial charge in [-0.3, -0.25) is 9.89 Å². The first-order valence-corrected chi connectivity index (χ1v) is 5.65. The molecule has 1 aromatic heterocycles. The number of likely N-dealkylation sites (tertiary alicyclic amines) is 1. The molecule has 17 heavy (non-hydrogen) atoms. The Morgan fingerprint density at radius 3 is 2.88 bits per heavy atom. The molecule has 0 spiro atoms. The minimum absolute atomic E-state index is 0. The molecule has 1 saturated heterocycles. The Kier molecular flexibility index (Phi) is 4.54. The van der Waals surface area contributed by atoms with E-state index in [9.17, 15) is 4.79 Å². The Morgan fingerprint density at radius 1 is 1.71 bits per heavy atom. The predicted molar refractivity (Wildman–Crippen MR) is 68.2 cm³/mol. The first-order chi connectivity index (χ1) is 7.58. The maximum atomic E-state index is 12.0. The zero-order chi connectivity index (χ0) is 11.7. The predicted octanol–water partition coefficient (Wildman–Crippen LogP) is 0.949. The summed E-state index contributed by atoms with van der Waals surface area (Å²) in [5.74, 6) is 0.427. The zero-order valence-electron chi connectivity index (χ0n) is 10.1. The second kappa shape index (κ2) is 5.51. The number of halogens is 1. The molecule has 2 rings (SSSR count). The van der Waals surface area contributed by atoms with Crippen LogP contribution in [0.5, 0.6) is 0 Å². The molecule has 2 heterocycles. The van der Waals surface area contributed by atoms with Crippen molar-refractivity contribution in [1.29, 1.82) is 0 Å². The number of nitrogens with two attached hydrogens (primary N) is 1. The fourth-order valence-corrected chi connectivity index (χ4v) is 2.09. The Morgan fingerprint density at radius 2 is 2.41 bits per heavy atom. The van der Waals surface area contributed by atoms with Gasteiger partial charge in [-0.05, 0) is 32.3 Å². The summed E-state index contributed by atoms with van der Waals surface area (Å²) in [4.78, 5) is 13.9. The van der Waals surface area contributed by atoms with Crippen LogP contribution >= 0.6 is 12.4 Å². The van der Waals surface area contributed by atoms with Gasteiger partial charge in [-0.1, -0.05) is 0 Å². The summed E-state index contributed by atoms with van der Waals surface area (Å²) in [6, 6.07) is 1.93. The van der Waals surface area contributed by atoms with Gasteiger partial charge in [0.25, 0.3) is 5.91 Å². The fourth-order valence-electron chi connectivity index (χ4n) is 2.09. The van der Waals surface area contributed by atoms with Crippen molar-refractivity contribution >= 4 is 18.3 Å². The first-order valence-electron chi connectivity index (χ1n) is 5.65. The van der Waals surface area contributed by atoms with Gasteiger partial charge >= 0.3 is 0 Å². The van der Waals surface area contributed by atoms with Gasteiger partial charge in [0.05, 0.1) is 0 Å². The summed E-state index contributed by atoms with van der Waals surface area (Å²) in [5, 5.41) is 6.77. The third-order valence-electron chi connectivity index (χ3n) is 3.18. The topological polar surface area (TPSA) is 75.0 Å². The van der Waals surface area contributed by atoms with Crippen molar-refractivity contribution in [2.45, 2.75) is 26.3 Å². The van der Waals surface area contributed by atoms with Crippen LogP contribution in [-0.4, -0.2) is 40.1 Å². The number of aromatic amines is 1. The number of nitrogens with zero attached hydrogens (tertiary/aromatic N) is 2. The number of carbonyl (C=O) groups excluding carboxylic acids is 1. The van der Waals surface area contributed by atoms with Crippen molar-refractivity contribution in [2.75, 3.05) is 13.1 Å². The smallest absolute Gasteiger partial charge is 0.274 e. The average molecular weight is 259 g/mol. The van der Waals surface area contributed by atoms with Crippen LogP contribution in [0.25, 0.3) is 0 Å². The Hall–Kier alpha value is -1.07. The summed E-state index contributed by atoms with van der Waals surface area (Å²) in [6.07, 6.45) is 0.993. The number of hydrogen-bond acceptors (Lipinski definition) is 3. The van der Waals surface area contributed by atoms with Crippen molar-refractivity contribution in [3.63, 3.8) is 0 Å². The molecular formula is C11H19ClN4O. The molecule has 0 aliphatic carbocycles. The molecule has 96 valence electrons. The summed E-state index contributed by atoms with van der Waals surface area (Å²) >= 11 is 0.